The fourth-order valence-corrected chi connectivity index (χ4v) is 3.63. The van der Waals surface area contributed by atoms with Crippen molar-refractivity contribution in [1.82, 2.24) is 4.90 Å². The van der Waals surface area contributed by atoms with Crippen molar-refractivity contribution in [3.8, 4) is 0 Å². The van der Waals surface area contributed by atoms with Crippen molar-refractivity contribution in [3.63, 3.8) is 0 Å². The average molecular weight is 268 g/mol. The fraction of sp³-hybridized carbons (Fsp3) is 0.933. The van der Waals surface area contributed by atoms with Gasteiger partial charge in [0.1, 0.15) is 5.54 Å². The number of esters is 1. The summed E-state index contributed by atoms with van der Waals surface area (Å²) in [6.45, 7) is 2.94. The number of likely N-dealkylation sites (N-methyl/N-ethyl adjacent to an activating group) is 1. The first-order valence-corrected chi connectivity index (χ1v) is 7.56. The second-order valence-electron chi connectivity index (χ2n) is 6.55. The summed E-state index contributed by atoms with van der Waals surface area (Å²) in [7, 11) is 3.55. The van der Waals surface area contributed by atoms with E-state index >= 15 is 0 Å². The lowest BCUT2D eigenvalue weighted by Gasteiger charge is -2.40. The van der Waals surface area contributed by atoms with Gasteiger partial charge >= 0.3 is 5.97 Å². The molecule has 2 aliphatic carbocycles. The van der Waals surface area contributed by atoms with E-state index in [2.05, 4.69) is 18.9 Å². The van der Waals surface area contributed by atoms with E-state index in [0.29, 0.717) is 24.4 Å². The van der Waals surface area contributed by atoms with Gasteiger partial charge in [0, 0.05) is 12.6 Å². The average Bonchev–Trinajstić information content (AvgIpc) is 3.22. The Hall–Kier alpha value is -0.610. The number of methoxy groups -OCH3 is 1. The normalized spacial score (nSPS) is 31.0. The third-order valence-electron chi connectivity index (χ3n) is 5.01. The van der Waals surface area contributed by atoms with Crippen molar-refractivity contribution in [2.24, 2.45) is 17.6 Å². The van der Waals surface area contributed by atoms with Crippen LogP contribution in [-0.4, -0.2) is 43.2 Å². The van der Waals surface area contributed by atoms with Gasteiger partial charge in [0.05, 0.1) is 7.11 Å². The lowest BCUT2D eigenvalue weighted by molar-refractivity contribution is -0.149. The predicted octanol–water partition coefficient (Wildman–Crippen LogP) is 1.78. The summed E-state index contributed by atoms with van der Waals surface area (Å²) < 4.78 is 4.94. The Labute approximate surface area is 116 Å². The predicted molar refractivity (Wildman–Crippen MR) is 75.7 cm³/mol. The number of ether oxygens (including phenoxy) is 1. The molecule has 2 fully saturated rings. The Bertz CT molecular complexity index is 330. The molecule has 19 heavy (non-hydrogen) atoms. The summed E-state index contributed by atoms with van der Waals surface area (Å²) in [5.41, 5.74) is 5.59. The van der Waals surface area contributed by atoms with Crippen molar-refractivity contribution in [1.29, 1.82) is 0 Å². The molecule has 2 rings (SSSR count). The van der Waals surface area contributed by atoms with Crippen LogP contribution in [0.3, 0.4) is 0 Å². The summed E-state index contributed by atoms with van der Waals surface area (Å²) in [5, 5.41) is 0. The Morgan fingerprint density at radius 3 is 2.47 bits per heavy atom. The highest BCUT2D eigenvalue weighted by Crippen LogP contribution is 2.40. The lowest BCUT2D eigenvalue weighted by Crippen LogP contribution is -2.60. The third kappa shape index (κ3) is 3.11. The zero-order valence-electron chi connectivity index (χ0n) is 12.5. The largest absolute Gasteiger partial charge is 0.468 e. The van der Waals surface area contributed by atoms with Crippen LogP contribution in [0.15, 0.2) is 0 Å². The molecule has 2 N–H and O–H groups in total. The molecule has 0 aromatic carbocycles. The molecule has 2 saturated carbocycles. The number of nitrogens with zero attached hydrogens (tertiary/aromatic N) is 1. The van der Waals surface area contributed by atoms with Crippen LogP contribution < -0.4 is 5.73 Å². The highest BCUT2D eigenvalue weighted by atomic mass is 16.5. The van der Waals surface area contributed by atoms with Crippen LogP contribution >= 0.6 is 0 Å². The van der Waals surface area contributed by atoms with Crippen molar-refractivity contribution in [2.45, 2.75) is 57.0 Å². The van der Waals surface area contributed by atoms with E-state index in [9.17, 15) is 4.79 Å². The minimum Gasteiger partial charge on any atom is -0.468 e. The molecule has 0 radical (unpaired) electrons. The van der Waals surface area contributed by atoms with Crippen molar-refractivity contribution in [2.75, 3.05) is 20.7 Å². The van der Waals surface area contributed by atoms with Gasteiger partial charge in [0.2, 0.25) is 0 Å². The fourth-order valence-electron chi connectivity index (χ4n) is 3.63. The van der Waals surface area contributed by atoms with Crippen LogP contribution in [-0.2, 0) is 9.53 Å². The minimum atomic E-state index is -0.805. The van der Waals surface area contributed by atoms with Gasteiger partial charge in [-0.3, -0.25) is 4.79 Å². The lowest BCUT2D eigenvalue weighted by atomic mass is 9.84. The molecule has 0 bridgehead atoms. The number of hydrogen-bond donors (Lipinski definition) is 1. The number of hydrogen-bond acceptors (Lipinski definition) is 4. The Morgan fingerprint density at radius 1 is 1.32 bits per heavy atom. The molecule has 3 atom stereocenters. The molecule has 0 amide bonds. The van der Waals surface area contributed by atoms with Gasteiger partial charge in [-0.1, -0.05) is 19.8 Å². The van der Waals surface area contributed by atoms with Crippen molar-refractivity contribution in [3.05, 3.63) is 0 Å². The van der Waals surface area contributed by atoms with Gasteiger partial charge in [0.25, 0.3) is 0 Å². The Balaban J connectivity index is 2.02. The Morgan fingerprint density at radius 2 is 1.95 bits per heavy atom. The molecule has 4 nitrogen and oxygen atoms in total. The maximum atomic E-state index is 12.0. The van der Waals surface area contributed by atoms with Crippen LogP contribution in [0.25, 0.3) is 0 Å². The molecule has 0 saturated heterocycles. The molecule has 3 unspecified atom stereocenters. The van der Waals surface area contributed by atoms with E-state index in [1.54, 1.807) is 0 Å². The first-order chi connectivity index (χ1) is 8.99. The summed E-state index contributed by atoms with van der Waals surface area (Å²) in [4.78, 5) is 14.3. The van der Waals surface area contributed by atoms with E-state index < -0.39 is 5.54 Å². The first kappa shape index (κ1) is 14.8. The van der Waals surface area contributed by atoms with E-state index in [0.717, 1.165) is 12.8 Å². The van der Waals surface area contributed by atoms with Crippen LogP contribution in [0.1, 0.15) is 45.4 Å². The maximum absolute atomic E-state index is 12.0. The molecular formula is C15H28N2O2. The van der Waals surface area contributed by atoms with Crippen LogP contribution in [0.2, 0.25) is 0 Å². The summed E-state index contributed by atoms with van der Waals surface area (Å²) in [6, 6.07) is 0.556. The van der Waals surface area contributed by atoms with E-state index in [-0.39, 0.29) is 5.97 Å². The quantitative estimate of drug-likeness (QED) is 0.772. The molecule has 110 valence electrons. The van der Waals surface area contributed by atoms with Gasteiger partial charge in [-0.15, -0.1) is 0 Å². The molecule has 0 spiro atoms. The van der Waals surface area contributed by atoms with Gasteiger partial charge < -0.3 is 15.4 Å². The number of carbonyl (C=O) groups is 1. The minimum absolute atomic E-state index is 0.245. The second-order valence-corrected chi connectivity index (χ2v) is 6.55. The van der Waals surface area contributed by atoms with E-state index in [4.69, 9.17) is 10.5 Å². The van der Waals surface area contributed by atoms with Gasteiger partial charge in [-0.25, -0.2) is 0 Å². The Kier molecular flexibility index (Phi) is 4.51. The molecule has 4 heteroatoms. The SMILES string of the molecule is COC(=O)C(N)(CN(C)C1CCCCC1C)C1CC1. The highest BCUT2D eigenvalue weighted by molar-refractivity contribution is 5.81. The topological polar surface area (TPSA) is 55.6 Å². The van der Waals surface area contributed by atoms with E-state index in [1.807, 2.05) is 0 Å². The molecule has 0 aromatic heterocycles. The van der Waals surface area contributed by atoms with Crippen molar-refractivity contribution < 1.29 is 9.53 Å². The second kappa shape index (κ2) is 5.80. The smallest absolute Gasteiger partial charge is 0.327 e. The molecule has 0 aliphatic heterocycles. The maximum Gasteiger partial charge on any atom is 0.327 e. The molecule has 0 heterocycles. The highest BCUT2D eigenvalue weighted by Gasteiger charge is 2.50. The third-order valence-corrected chi connectivity index (χ3v) is 5.01. The zero-order valence-corrected chi connectivity index (χ0v) is 12.5. The van der Waals surface area contributed by atoms with Crippen LogP contribution in [0, 0.1) is 11.8 Å². The summed E-state index contributed by atoms with van der Waals surface area (Å²) >= 11 is 0. The molecule has 2 aliphatic rings. The number of rotatable bonds is 5. The van der Waals surface area contributed by atoms with Crippen LogP contribution in [0.5, 0.6) is 0 Å². The first-order valence-electron chi connectivity index (χ1n) is 7.56. The number of nitrogens with two attached hydrogens (primary N) is 1. The van der Waals surface area contributed by atoms with E-state index in [1.165, 1.54) is 32.8 Å². The summed E-state index contributed by atoms with van der Waals surface area (Å²) in [5.74, 6) is 0.756. The standard InChI is InChI=1S/C15H28N2O2/c1-11-6-4-5-7-13(11)17(2)10-15(16,12-8-9-12)14(18)19-3/h11-13H,4-10,16H2,1-3H3. The van der Waals surface area contributed by atoms with Gasteiger partial charge in [-0.05, 0) is 44.6 Å². The monoisotopic (exact) mass is 268 g/mol. The number of carbonyl (C=O) groups excluding carboxylic acids is 1. The zero-order chi connectivity index (χ0) is 14.0. The van der Waals surface area contributed by atoms with Crippen molar-refractivity contribution >= 4 is 5.97 Å². The van der Waals surface area contributed by atoms with Gasteiger partial charge in [-0.2, -0.15) is 0 Å². The van der Waals surface area contributed by atoms with Crippen LogP contribution in [0.4, 0.5) is 0 Å². The molecule has 0 aromatic rings. The van der Waals surface area contributed by atoms with Gasteiger partial charge in [0.15, 0.2) is 0 Å². The summed E-state index contributed by atoms with van der Waals surface area (Å²) in [6.07, 6.45) is 7.24. The molecular weight excluding hydrogens is 240 g/mol.